The van der Waals surface area contributed by atoms with Crippen LogP contribution in [0, 0.1) is 5.92 Å². The van der Waals surface area contributed by atoms with Gasteiger partial charge in [0.15, 0.2) is 0 Å². The largest absolute Gasteiger partial charge is 0.481 e. The molecule has 0 bridgehead atoms. The van der Waals surface area contributed by atoms with Crippen molar-refractivity contribution in [1.29, 1.82) is 0 Å². The van der Waals surface area contributed by atoms with Gasteiger partial charge in [-0.15, -0.1) is 0 Å². The standard InChI is InChI=1S/C16H19NO2/c1-11(16(18)19)9-12-5-6-15-13(10-12)7-8-17(15)14-3-2-4-14/h5-8,10-11,14H,2-4,9H2,1H3,(H,18,19). The zero-order chi connectivity index (χ0) is 13.4. The van der Waals surface area contributed by atoms with Crippen LogP contribution in [0.5, 0.6) is 0 Å². The number of aromatic nitrogens is 1. The molecule has 19 heavy (non-hydrogen) atoms. The van der Waals surface area contributed by atoms with E-state index in [1.165, 1.54) is 30.2 Å². The molecule has 0 spiro atoms. The molecule has 0 radical (unpaired) electrons. The normalized spacial score (nSPS) is 17.3. The highest BCUT2D eigenvalue weighted by Gasteiger charge is 2.20. The summed E-state index contributed by atoms with van der Waals surface area (Å²) >= 11 is 0. The summed E-state index contributed by atoms with van der Waals surface area (Å²) in [5.41, 5.74) is 2.38. The lowest BCUT2D eigenvalue weighted by molar-refractivity contribution is -0.141. The molecule has 0 saturated heterocycles. The van der Waals surface area contributed by atoms with Crippen LogP contribution in [0.1, 0.15) is 37.8 Å². The fourth-order valence-corrected chi connectivity index (χ4v) is 2.76. The number of carboxylic acids is 1. The molecule has 1 unspecified atom stereocenters. The first-order valence-electron chi connectivity index (χ1n) is 6.97. The van der Waals surface area contributed by atoms with Gasteiger partial charge in [0.25, 0.3) is 0 Å². The Morgan fingerprint density at radius 1 is 1.42 bits per heavy atom. The van der Waals surface area contributed by atoms with Crippen LogP contribution >= 0.6 is 0 Å². The smallest absolute Gasteiger partial charge is 0.306 e. The first-order chi connectivity index (χ1) is 9.15. The fourth-order valence-electron chi connectivity index (χ4n) is 2.76. The number of carboxylic acid groups (broad SMARTS) is 1. The molecule has 3 heteroatoms. The molecule has 100 valence electrons. The molecule has 0 amide bonds. The Morgan fingerprint density at radius 3 is 2.84 bits per heavy atom. The van der Waals surface area contributed by atoms with Gasteiger partial charge in [-0.25, -0.2) is 0 Å². The summed E-state index contributed by atoms with van der Waals surface area (Å²) in [4.78, 5) is 10.9. The van der Waals surface area contributed by atoms with Crippen molar-refractivity contribution in [2.75, 3.05) is 0 Å². The number of benzene rings is 1. The van der Waals surface area contributed by atoms with Crippen LogP contribution in [0.25, 0.3) is 10.9 Å². The summed E-state index contributed by atoms with van der Waals surface area (Å²) < 4.78 is 2.36. The molecule has 0 aliphatic heterocycles. The van der Waals surface area contributed by atoms with Crippen LogP contribution in [0.4, 0.5) is 0 Å². The lowest BCUT2D eigenvalue weighted by atomic mass is 9.93. The first-order valence-corrected chi connectivity index (χ1v) is 6.97. The van der Waals surface area contributed by atoms with Gasteiger partial charge in [-0.05, 0) is 54.8 Å². The van der Waals surface area contributed by atoms with Crippen molar-refractivity contribution >= 4 is 16.9 Å². The van der Waals surface area contributed by atoms with E-state index in [4.69, 9.17) is 5.11 Å². The van der Waals surface area contributed by atoms with E-state index in [0.717, 1.165) is 5.56 Å². The quantitative estimate of drug-likeness (QED) is 0.908. The molecule has 2 aromatic rings. The molecule has 1 aliphatic rings. The highest BCUT2D eigenvalue weighted by Crippen LogP contribution is 2.34. The van der Waals surface area contributed by atoms with Gasteiger partial charge in [-0.2, -0.15) is 0 Å². The first kappa shape index (κ1) is 12.3. The molecule has 1 saturated carbocycles. The van der Waals surface area contributed by atoms with Crippen LogP contribution in [0.15, 0.2) is 30.5 Å². The minimum Gasteiger partial charge on any atom is -0.481 e. The summed E-state index contributed by atoms with van der Waals surface area (Å²) in [6.07, 6.45) is 6.65. The van der Waals surface area contributed by atoms with Crippen molar-refractivity contribution in [1.82, 2.24) is 4.57 Å². The van der Waals surface area contributed by atoms with E-state index in [0.29, 0.717) is 12.5 Å². The van der Waals surface area contributed by atoms with Gasteiger partial charge >= 0.3 is 5.97 Å². The number of nitrogens with zero attached hydrogens (tertiary/aromatic N) is 1. The van der Waals surface area contributed by atoms with Crippen LogP contribution in [-0.2, 0) is 11.2 Å². The second-order valence-electron chi connectivity index (χ2n) is 5.64. The van der Waals surface area contributed by atoms with Crippen molar-refractivity contribution < 1.29 is 9.90 Å². The predicted octanol–water partition coefficient (Wildman–Crippen LogP) is 3.63. The Labute approximate surface area is 112 Å². The third-order valence-corrected chi connectivity index (χ3v) is 4.22. The molecule has 3 nitrogen and oxygen atoms in total. The van der Waals surface area contributed by atoms with E-state index in [-0.39, 0.29) is 5.92 Å². The number of aliphatic carboxylic acids is 1. The molecule has 1 N–H and O–H groups in total. The van der Waals surface area contributed by atoms with Crippen molar-refractivity contribution in [2.24, 2.45) is 5.92 Å². The molecule has 1 aromatic carbocycles. The van der Waals surface area contributed by atoms with Crippen molar-refractivity contribution in [3.05, 3.63) is 36.0 Å². The fraction of sp³-hybridized carbons (Fsp3) is 0.438. The molecule has 1 aromatic heterocycles. The summed E-state index contributed by atoms with van der Waals surface area (Å²) in [7, 11) is 0. The van der Waals surface area contributed by atoms with Crippen LogP contribution in [-0.4, -0.2) is 15.6 Å². The maximum atomic E-state index is 10.9. The van der Waals surface area contributed by atoms with Gasteiger partial charge in [0.1, 0.15) is 0 Å². The number of hydrogen-bond donors (Lipinski definition) is 1. The summed E-state index contributed by atoms with van der Waals surface area (Å²) in [5.74, 6) is -1.06. The molecule has 1 atom stereocenters. The van der Waals surface area contributed by atoms with Gasteiger partial charge in [0, 0.05) is 17.8 Å². The van der Waals surface area contributed by atoms with E-state index in [2.05, 4.69) is 35.0 Å². The van der Waals surface area contributed by atoms with Gasteiger partial charge in [-0.3, -0.25) is 4.79 Å². The third-order valence-electron chi connectivity index (χ3n) is 4.22. The highest BCUT2D eigenvalue weighted by atomic mass is 16.4. The van der Waals surface area contributed by atoms with Crippen LogP contribution < -0.4 is 0 Å². The second kappa shape index (κ2) is 4.72. The Morgan fingerprint density at radius 2 is 2.21 bits per heavy atom. The third kappa shape index (κ3) is 2.25. The topological polar surface area (TPSA) is 42.2 Å². The molecule has 1 aliphatic carbocycles. The molecule has 3 rings (SSSR count). The lowest BCUT2D eigenvalue weighted by Crippen LogP contribution is -2.15. The van der Waals surface area contributed by atoms with Gasteiger partial charge in [-0.1, -0.05) is 13.0 Å². The Hall–Kier alpha value is -1.77. The summed E-state index contributed by atoms with van der Waals surface area (Å²) in [5, 5.41) is 10.2. The molecular weight excluding hydrogens is 238 g/mol. The summed E-state index contributed by atoms with van der Waals surface area (Å²) in [6, 6.07) is 9.14. The number of rotatable bonds is 4. The van der Waals surface area contributed by atoms with Crippen molar-refractivity contribution in [2.45, 2.75) is 38.6 Å². The zero-order valence-electron chi connectivity index (χ0n) is 11.2. The van der Waals surface area contributed by atoms with E-state index in [1.807, 2.05) is 0 Å². The monoisotopic (exact) mass is 257 g/mol. The summed E-state index contributed by atoms with van der Waals surface area (Å²) in [6.45, 7) is 1.76. The zero-order valence-corrected chi connectivity index (χ0v) is 11.2. The van der Waals surface area contributed by atoms with Gasteiger partial charge in [0.05, 0.1) is 5.92 Å². The Bertz CT molecular complexity index is 610. The Balaban J connectivity index is 1.87. The SMILES string of the molecule is CC(Cc1ccc2c(ccn2C2CCC2)c1)C(=O)O. The Kier molecular flexibility index (Phi) is 3.05. The maximum Gasteiger partial charge on any atom is 0.306 e. The van der Waals surface area contributed by atoms with Gasteiger partial charge < -0.3 is 9.67 Å². The average molecular weight is 257 g/mol. The van der Waals surface area contributed by atoms with Crippen molar-refractivity contribution in [3.8, 4) is 0 Å². The van der Waals surface area contributed by atoms with E-state index >= 15 is 0 Å². The molecular formula is C16H19NO2. The average Bonchev–Trinajstić information content (AvgIpc) is 2.70. The predicted molar refractivity (Wildman–Crippen MR) is 75.3 cm³/mol. The minimum absolute atomic E-state index is 0.328. The minimum atomic E-state index is -0.730. The lowest BCUT2D eigenvalue weighted by Gasteiger charge is -2.28. The van der Waals surface area contributed by atoms with E-state index < -0.39 is 5.97 Å². The molecule has 1 heterocycles. The maximum absolute atomic E-state index is 10.9. The van der Waals surface area contributed by atoms with Crippen LogP contribution in [0.3, 0.4) is 0 Å². The highest BCUT2D eigenvalue weighted by molar-refractivity contribution is 5.81. The second-order valence-corrected chi connectivity index (χ2v) is 5.64. The van der Waals surface area contributed by atoms with Crippen molar-refractivity contribution in [3.63, 3.8) is 0 Å². The van der Waals surface area contributed by atoms with E-state index in [1.54, 1.807) is 6.92 Å². The molecule has 1 fully saturated rings. The number of fused-ring (bicyclic) bond motifs is 1. The van der Waals surface area contributed by atoms with Gasteiger partial charge in [0.2, 0.25) is 0 Å². The number of hydrogen-bond acceptors (Lipinski definition) is 1. The van der Waals surface area contributed by atoms with E-state index in [9.17, 15) is 4.79 Å². The van der Waals surface area contributed by atoms with Crippen LogP contribution in [0.2, 0.25) is 0 Å². The number of carbonyl (C=O) groups is 1.